The van der Waals surface area contributed by atoms with Crippen molar-refractivity contribution in [3.05, 3.63) is 47.6 Å². The average Bonchev–Trinajstić information content (AvgIpc) is 2.28. The molecule has 1 aromatic rings. The maximum atomic E-state index is 10.0. The van der Waals surface area contributed by atoms with Crippen LogP contribution in [0.25, 0.3) is 0 Å². The van der Waals surface area contributed by atoms with Crippen LogP contribution in [0.15, 0.2) is 42.0 Å². The van der Waals surface area contributed by atoms with Gasteiger partial charge in [-0.2, -0.15) is 0 Å². The summed E-state index contributed by atoms with van der Waals surface area (Å²) in [4.78, 5) is 0. The molecule has 1 aliphatic carbocycles. The number of rotatable bonds is 2. The van der Waals surface area contributed by atoms with E-state index in [2.05, 4.69) is 19.6 Å². The van der Waals surface area contributed by atoms with E-state index in [9.17, 15) is 10.2 Å². The molecule has 96 valence electrons. The second-order valence-electron chi connectivity index (χ2n) is 5.27. The quantitative estimate of drug-likeness (QED) is 0.768. The number of phenolic OH excluding ortho intramolecular Hbond substituents is 2. The molecule has 2 heteroatoms. The van der Waals surface area contributed by atoms with Crippen molar-refractivity contribution < 1.29 is 10.2 Å². The minimum Gasteiger partial charge on any atom is -0.508 e. The zero-order valence-electron chi connectivity index (χ0n) is 11.0. The van der Waals surface area contributed by atoms with Crippen LogP contribution in [-0.4, -0.2) is 10.2 Å². The van der Waals surface area contributed by atoms with Crippen molar-refractivity contribution in [1.29, 1.82) is 0 Å². The molecule has 1 aliphatic rings. The fraction of sp³-hybridized carbons (Fsp3) is 0.375. The third-order valence-corrected chi connectivity index (χ3v) is 3.75. The van der Waals surface area contributed by atoms with Crippen molar-refractivity contribution in [2.75, 3.05) is 0 Å². The maximum absolute atomic E-state index is 10.0. The summed E-state index contributed by atoms with van der Waals surface area (Å²) in [6, 6.07) is 4.84. The van der Waals surface area contributed by atoms with E-state index >= 15 is 0 Å². The van der Waals surface area contributed by atoms with Crippen LogP contribution in [0.1, 0.15) is 38.2 Å². The Morgan fingerprint density at radius 2 is 2.06 bits per heavy atom. The van der Waals surface area contributed by atoms with Crippen molar-refractivity contribution in [3.8, 4) is 11.5 Å². The highest BCUT2D eigenvalue weighted by molar-refractivity contribution is 5.44. The predicted molar refractivity (Wildman–Crippen MR) is 73.8 cm³/mol. The summed E-state index contributed by atoms with van der Waals surface area (Å²) in [5.74, 6) is 0.790. The van der Waals surface area contributed by atoms with E-state index in [1.807, 2.05) is 6.92 Å². The summed E-state index contributed by atoms with van der Waals surface area (Å²) in [5.41, 5.74) is 3.38. The molecule has 2 rings (SSSR count). The van der Waals surface area contributed by atoms with Crippen LogP contribution < -0.4 is 0 Å². The van der Waals surface area contributed by atoms with E-state index in [-0.39, 0.29) is 17.4 Å². The molecular weight excluding hydrogens is 224 g/mol. The number of hydrogen-bond acceptors (Lipinski definition) is 2. The first kappa shape index (κ1) is 12.7. The number of benzene rings is 1. The van der Waals surface area contributed by atoms with E-state index in [0.717, 1.165) is 24.0 Å². The Hall–Kier alpha value is -1.70. The number of hydrogen-bond donors (Lipinski definition) is 2. The van der Waals surface area contributed by atoms with Gasteiger partial charge in [0.1, 0.15) is 11.5 Å². The molecule has 0 fully saturated rings. The molecule has 1 unspecified atom stereocenters. The molecule has 2 N–H and O–H groups in total. The molecule has 2 atom stereocenters. The summed E-state index contributed by atoms with van der Waals surface area (Å²) in [7, 11) is 0. The van der Waals surface area contributed by atoms with Gasteiger partial charge in [-0.05, 0) is 38.7 Å². The molecular formula is C16H20O2. The third-order valence-electron chi connectivity index (χ3n) is 3.75. The summed E-state index contributed by atoms with van der Waals surface area (Å²) in [6.07, 6.45) is 4.38. The molecule has 0 aromatic heterocycles. The van der Waals surface area contributed by atoms with E-state index in [0.29, 0.717) is 5.92 Å². The Morgan fingerprint density at radius 3 is 2.67 bits per heavy atom. The van der Waals surface area contributed by atoms with Gasteiger partial charge in [-0.15, -0.1) is 0 Å². The molecule has 0 spiro atoms. The van der Waals surface area contributed by atoms with Crippen LogP contribution in [-0.2, 0) is 0 Å². The second kappa shape index (κ2) is 4.89. The molecule has 1 aromatic carbocycles. The van der Waals surface area contributed by atoms with E-state index in [4.69, 9.17) is 0 Å². The van der Waals surface area contributed by atoms with Crippen LogP contribution in [0.5, 0.6) is 11.5 Å². The molecule has 0 bridgehead atoms. The van der Waals surface area contributed by atoms with Crippen molar-refractivity contribution in [2.45, 2.75) is 32.6 Å². The Balaban J connectivity index is 2.44. The maximum Gasteiger partial charge on any atom is 0.123 e. The fourth-order valence-corrected chi connectivity index (χ4v) is 2.74. The normalized spacial score (nSPS) is 23.6. The Bertz CT molecular complexity index is 500. The lowest BCUT2D eigenvalue weighted by molar-refractivity contribution is 0.426. The highest BCUT2D eigenvalue weighted by atomic mass is 16.3. The van der Waals surface area contributed by atoms with Crippen molar-refractivity contribution >= 4 is 0 Å². The zero-order valence-corrected chi connectivity index (χ0v) is 11.0. The van der Waals surface area contributed by atoms with Gasteiger partial charge in [-0.1, -0.05) is 29.9 Å². The topological polar surface area (TPSA) is 40.5 Å². The van der Waals surface area contributed by atoms with Gasteiger partial charge < -0.3 is 10.2 Å². The molecule has 2 nitrogen and oxygen atoms in total. The molecule has 0 radical (unpaired) electrons. The fourth-order valence-electron chi connectivity index (χ4n) is 2.74. The van der Waals surface area contributed by atoms with Gasteiger partial charge in [0, 0.05) is 17.5 Å². The number of allylic oxidation sites excluding steroid dienone is 3. The molecule has 18 heavy (non-hydrogen) atoms. The van der Waals surface area contributed by atoms with Gasteiger partial charge in [0.25, 0.3) is 0 Å². The van der Waals surface area contributed by atoms with Gasteiger partial charge in [0.15, 0.2) is 0 Å². The van der Waals surface area contributed by atoms with Crippen molar-refractivity contribution in [2.24, 2.45) is 5.92 Å². The van der Waals surface area contributed by atoms with E-state index in [1.54, 1.807) is 12.1 Å². The molecule has 0 saturated heterocycles. The van der Waals surface area contributed by atoms with Gasteiger partial charge in [0.05, 0.1) is 0 Å². The highest BCUT2D eigenvalue weighted by Gasteiger charge is 2.27. The minimum absolute atomic E-state index is 0.0969. The van der Waals surface area contributed by atoms with E-state index in [1.165, 1.54) is 11.6 Å². The molecule has 0 saturated carbocycles. The van der Waals surface area contributed by atoms with Crippen LogP contribution in [0, 0.1) is 5.92 Å². The van der Waals surface area contributed by atoms with Gasteiger partial charge in [-0.25, -0.2) is 0 Å². The Kier molecular flexibility index (Phi) is 3.46. The number of phenols is 2. The lowest BCUT2D eigenvalue weighted by Gasteiger charge is -2.31. The summed E-state index contributed by atoms with van der Waals surface area (Å²) in [5, 5.41) is 19.4. The van der Waals surface area contributed by atoms with Crippen molar-refractivity contribution in [1.82, 2.24) is 0 Å². The monoisotopic (exact) mass is 244 g/mol. The molecule has 0 aliphatic heterocycles. The molecule has 0 amide bonds. The highest BCUT2D eigenvalue weighted by Crippen LogP contribution is 2.43. The lowest BCUT2D eigenvalue weighted by Crippen LogP contribution is -2.16. The van der Waals surface area contributed by atoms with Crippen molar-refractivity contribution in [3.63, 3.8) is 0 Å². The Morgan fingerprint density at radius 1 is 1.33 bits per heavy atom. The third kappa shape index (κ3) is 2.42. The van der Waals surface area contributed by atoms with Crippen LogP contribution in [0.3, 0.4) is 0 Å². The van der Waals surface area contributed by atoms with Gasteiger partial charge in [-0.3, -0.25) is 0 Å². The van der Waals surface area contributed by atoms with Gasteiger partial charge in [0.2, 0.25) is 0 Å². The SMILES string of the molecule is C=C(C)[C@@H]1CCC(C)=CC1c1ccc(O)cc1O. The van der Waals surface area contributed by atoms with E-state index < -0.39 is 0 Å². The average molecular weight is 244 g/mol. The largest absolute Gasteiger partial charge is 0.508 e. The lowest BCUT2D eigenvalue weighted by atomic mass is 9.74. The smallest absolute Gasteiger partial charge is 0.123 e. The second-order valence-corrected chi connectivity index (χ2v) is 5.27. The summed E-state index contributed by atoms with van der Waals surface area (Å²) in [6.45, 7) is 8.24. The standard InChI is InChI=1S/C16H20O2/c1-10(2)13-6-4-11(3)8-15(13)14-7-5-12(17)9-16(14)18/h5,7-9,13,15,17-18H,1,4,6H2,2-3H3/t13-,15?/m0/s1. The van der Waals surface area contributed by atoms with Gasteiger partial charge >= 0.3 is 0 Å². The predicted octanol–water partition coefficient (Wildman–Crippen LogP) is 4.11. The first-order chi connectivity index (χ1) is 8.49. The first-order valence-electron chi connectivity index (χ1n) is 6.33. The minimum atomic E-state index is 0.0969. The summed E-state index contributed by atoms with van der Waals surface area (Å²) < 4.78 is 0. The number of aromatic hydroxyl groups is 2. The van der Waals surface area contributed by atoms with Crippen LogP contribution in [0.4, 0.5) is 0 Å². The van der Waals surface area contributed by atoms with Crippen LogP contribution >= 0.6 is 0 Å². The summed E-state index contributed by atoms with van der Waals surface area (Å²) >= 11 is 0. The van der Waals surface area contributed by atoms with Crippen LogP contribution in [0.2, 0.25) is 0 Å². The first-order valence-corrected chi connectivity index (χ1v) is 6.33. The molecule has 0 heterocycles. The zero-order chi connectivity index (χ0) is 13.3. The Labute approximate surface area is 108 Å².